The van der Waals surface area contributed by atoms with Crippen molar-refractivity contribution in [2.75, 3.05) is 6.54 Å². The molecule has 0 aromatic heterocycles. The summed E-state index contributed by atoms with van der Waals surface area (Å²) in [6, 6.07) is 0.873. The molecule has 1 heterocycles. The van der Waals surface area contributed by atoms with E-state index in [4.69, 9.17) is 0 Å². The highest BCUT2D eigenvalue weighted by Crippen LogP contribution is 2.27. The molecule has 0 spiro atoms. The largest absolute Gasteiger partial charge is 0.314 e. The number of rotatable bonds is 3. The van der Waals surface area contributed by atoms with Gasteiger partial charge in [0.2, 0.25) is 0 Å². The van der Waals surface area contributed by atoms with Crippen LogP contribution in [0.25, 0.3) is 0 Å². The molecule has 1 atom stereocenters. The van der Waals surface area contributed by atoms with E-state index < -0.39 is 0 Å². The maximum absolute atomic E-state index is 3.61. The lowest BCUT2D eigenvalue weighted by atomic mass is 9.93. The van der Waals surface area contributed by atoms with Gasteiger partial charge in [-0.2, -0.15) is 0 Å². The summed E-state index contributed by atoms with van der Waals surface area (Å²) < 4.78 is 0. The predicted octanol–water partition coefficient (Wildman–Crippen LogP) is 3.49. The maximum atomic E-state index is 3.61. The van der Waals surface area contributed by atoms with Gasteiger partial charge in [-0.3, -0.25) is 0 Å². The van der Waals surface area contributed by atoms with Crippen molar-refractivity contribution in [1.82, 2.24) is 5.32 Å². The summed E-state index contributed by atoms with van der Waals surface area (Å²) in [4.78, 5) is 0. The highest BCUT2D eigenvalue weighted by atomic mass is 14.9. The molecule has 1 N–H and O–H groups in total. The molecule has 1 saturated heterocycles. The summed E-state index contributed by atoms with van der Waals surface area (Å²) in [7, 11) is 0. The van der Waals surface area contributed by atoms with Gasteiger partial charge in [-0.15, -0.1) is 0 Å². The van der Waals surface area contributed by atoms with E-state index in [0.717, 1.165) is 12.0 Å². The molecule has 1 saturated carbocycles. The highest BCUT2D eigenvalue weighted by molar-refractivity contribution is 4.76. The van der Waals surface area contributed by atoms with Gasteiger partial charge in [0.15, 0.2) is 0 Å². The van der Waals surface area contributed by atoms with E-state index in [9.17, 15) is 0 Å². The van der Waals surface area contributed by atoms with Gasteiger partial charge in [-0.05, 0) is 38.1 Å². The fourth-order valence-corrected chi connectivity index (χ4v) is 3.09. The van der Waals surface area contributed by atoms with Crippen molar-refractivity contribution < 1.29 is 0 Å². The van der Waals surface area contributed by atoms with Gasteiger partial charge >= 0.3 is 0 Å². The Bertz CT molecular complexity index is 141. The Morgan fingerprint density at radius 1 is 0.786 bits per heavy atom. The molecule has 0 unspecified atom stereocenters. The van der Waals surface area contributed by atoms with Gasteiger partial charge in [0.1, 0.15) is 0 Å². The zero-order valence-corrected chi connectivity index (χ0v) is 9.43. The number of nitrogens with one attached hydrogen (secondary N) is 1. The van der Waals surface area contributed by atoms with Gasteiger partial charge in [-0.25, -0.2) is 0 Å². The molecule has 2 aliphatic rings. The van der Waals surface area contributed by atoms with Crippen molar-refractivity contribution in [2.45, 2.75) is 70.3 Å². The molecule has 0 aromatic carbocycles. The van der Waals surface area contributed by atoms with E-state index in [1.54, 1.807) is 0 Å². The summed E-state index contributed by atoms with van der Waals surface area (Å²) in [5.41, 5.74) is 0. The van der Waals surface area contributed by atoms with E-state index in [2.05, 4.69) is 5.32 Å². The molecule has 2 fully saturated rings. The van der Waals surface area contributed by atoms with Crippen molar-refractivity contribution in [1.29, 1.82) is 0 Å². The Kier molecular flexibility index (Phi) is 4.30. The van der Waals surface area contributed by atoms with Gasteiger partial charge in [0.05, 0.1) is 0 Å². The first-order valence-corrected chi connectivity index (χ1v) is 6.68. The molecular formula is C13H25N. The van der Waals surface area contributed by atoms with Gasteiger partial charge in [0, 0.05) is 6.04 Å². The maximum Gasteiger partial charge on any atom is 0.00676 e. The molecule has 1 aliphatic heterocycles. The zero-order valence-electron chi connectivity index (χ0n) is 9.43. The predicted molar refractivity (Wildman–Crippen MR) is 61.5 cm³/mol. The van der Waals surface area contributed by atoms with Crippen LogP contribution in [0, 0.1) is 5.92 Å². The van der Waals surface area contributed by atoms with E-state index in [1.165, 1.54) is 70.8 Å². The third-order valence-electron chi connectivity index (χ3n) is 4.06. The third-order valence-corrected chi connectivity index (χ3v) is 4.06. The normalized spacial score (nSPS) is 30.4. The summed E-state index contributed by atoms with van der Waals surface area (Å²) >= 11 is 0. The molecule has 0 bridgehead atoms. The molecule has 2 rings (SSSR count). The van der Waals surface area contributed by atoms with Crippen LogP contribution in [0.1, 0.15) is 64.2 Å². The van der Waals surface area contributed by atoms with E-state index in [1.807, 2.05) is 0 Å². The second kappa shape index (κ2) is 5.75. The van der Waals surface area contributed by atoms with Gasteiger partial charge in [0.25, 0.3) is 0 Å². The van der Waals surface area contributed by atoms with Crippen molar-refractivity contribution >= 4 is 0 Å². The Morgan fingerprint density at radius 2 is 1.57 bits per heavy atom. The number of hydrogen-bond donors (Lipinski definition) is 1. The molecule has 0 radical (unpaired) electrons. The Labute approximate surface area is 88.7 Å². The molecule has 1 nitrogen and oxygen atoms in total. The van der Waals surface area contributed by atoms with E-state index in [-0.39, 0.29) is 0 Å². The fourth-order valence-electron chi connectivity index (χ4n) is 3.09. The topological polar surface area (TPSA) is 12.0 Å². The highest BCUT2D eigenvalue weighted by Gasteiger charge is 2.17. The molecule has 0 aromatic rings. The minimum Gasteiger partial charge on any atom is -0.314 e. The van der Waals surface area contributed by atoms with Gasteiger partial charge < -0.3 is 5.32 Å². The Hall–Kier alpha value is -0.0400. The molecule has 1 heteroatoms. The second-order valence-corrected chi connectivity index (χ2v) is 5.23. The minimum absolute atomic E-state index is 0.873. The van der Waals surface area contributed by atoms with E-state index >= 15 is 0 Å². The summed E-state index contributed by atoms with van der Waals surface area (Å²) in [6.07, 6.45) is 14.8. The molecule has 82 valence electrons. The summed E-state index contributed by atoms with van der Waals surface area (Å²) in [5.74, 6) is 1.07. The fraction of sp³-hybridized carbons (Fsp3) is 1.00. The van der Waals surface area contributed by atoms with Crippen LogP contribution in [0.3, 0.4) is 0 Å². The molecule has 0 amide bonds. The molecule has 14 heavy (non-hydrogen) atoms. The van der Waals surface area contributed by atoms with Crippen molar-refractivity contribution in [2.24, 2.45) is 5.92 Å². The first-order valence-electron chi connectivity index (χ1n) is 6.68. The third kappa shape index (κ3) is 3.27. The lowest BCUT2D eigenvalue weighted by Gasteiger charge is -2.16. The average molecular weight is 195 g/mol. The van der Waals surface area contributed by atoms with Crippen LogP contribution < -0.4 is 5.32 Å². The molecular weight excluding hydrogens is 170 g/mol. The average Bonchev–Trinajstić information content (AvgIpc) is 2.58. The Morgan fingerprint density at radius 3 is 2.21 bits per heavy atom. The van der Waals surface area contributed by atoms with Gasteiger partial charge in [-0.1, -0.05) is 38.5 Å². The van der Waals surface area contributed by atoms with Crippen molar-refractivity contribution in [3.63, 3.8) is 0 Å². The second-order valence-electron chi connectivity index (χ2n) is 5.23. The van der Waals surface area contributed by atoms with Crippen LogP contribution in [0.4, 0.5) is 0 Å². The minimum atomic E-state index is 0.873. The first kappa shape index (κ1) is 10.5. The standard InChI is InChI=1S/C13H25N/c1-2-4-7-12(6-3-1)9-10-13-8-5-11-14-13/h12-14H,1-11H2/t13-/m0/s1. The first-order chi connectivity index (χ1) is 6.95. The van der Waals surface area contributed by atoms with Crippen LogP contribution in [0.2, 0.25) is 0 Å². The zero-order chi connectivity index (χ0) is 9.64. The SMILES string of the molecule is C1CCCC(CC[C@@H]2CCCN2)CC1. The Balaban J connectivity index is 1.62. The summed E-state index contributed by atoms with van der Waals surface area (Å²) in [6.45, 7) is 1.27. The lowest BCUT2D eigenvalue weighted by Crippen LogP contribution is -2.21. The van der Waals surface area contributed by atoms with Crippen LogP contribution in [-0.2, 0) is 0 Å². The van der Waals surface area contributed by atoms with Crippen LogP contribution in [-0.4, -0.2) is 12.6 Å². The van der Waals surface area contributed by atoms with Crippen molar-refractivity contribution in [3.8, 4) is 0 Å². The smallest absolute Gasteiger partial charge is 0.00676 e. The monoisotopic (exact) mass is 195 g/mol. The molecule has 1 aliphatic carbocycles. The lowest BCUT2D eigenvalue weighted by molar-refractivity contribution is 0.386. The number of hydrogen-bond acceptors (Lipinski definition) is 1. The quantitative estimate of drug-likeness (QED) is 0.680. The summed E-state index contributed by atoms with van der Waals surface area (Å²) in [5, 5.41) is 3.61. The van der Waals surface area contributed by atoms with Crippen LogP contribution in [0.15, 0.2) is 0 Å². The van der Waals surface area contributed by atoms with Crippen LogP contribution >= 0.6 is 0 Å². The van der Waals surface area contributed by atoms with Crippen LogP contribution in [0.5, 0.6) is 0 Å². The van der Waals surface area contributed by atoms with E-state index in [0.29, 0.717) is 0 Å². The van der Waals surface area contributed by atoms with Crippen molar-refractivity contribution in [3.05, 3.63) is 0 Å².